The summed E-state index contributed by atoms with van der Waals surface area (Å²) in [7, 11) is -0.329. The molecule has 5 heteroatoms. The Morgan fingerprint density at radius 2 is 1.64 bits per heavy atom. The highest BCUT2D eigenvalue weighted by Crippen LogP contribution is 2.36. The number of hydrogen-bond donors (Lipinski definition) is 1. The molecule has 1 aromatic rings. The summed E-state index contributed by atoms with van der Waals surface area (Å²) in [6.07, 6.45) is 2.00. The third-order valence-corrected chi connectivity index (χ3v) is 4.65. The van der Waals surface area contributed by atoms with Crippen LogP contribution in [0, 0.1) is 0 Å². The van der Waals surface area contributed by atoms with E-state index in [0.717, 1.165) is 24.1 Å². The monoisotopic (exact) mass is 305 g/mol. The van der Waals surface area contributed by atoms with Crippen LogP contribution in [0.4, 0.5) is 0 Å². The van der Waals surface area contributed by atoms with E-state index in [2.05, 4.69) is 34.6 Å². The van der Waals surface area contributed by atoms with Gasteiger partial charge in [-0.05, 0) is 64.7 Å². The minimum Gasteiger partial charge on any atom is -0.490 e. The third kappa shape index (κ3) is 3.65. The van der Waals surface area contributed by atoms with Crippen molar-refractivity contribution in [2.75, 3.05) is 6.54 Å². The quantitative estimate of drug-likeness (QED) is 0.821. The molecule has 122 valence electrons. The fourth-order valence-corrected chi connectivity index (χ4v) is 2.41. The van der Waals surface area contributed by atoms with Gasteiger partial charge in [0.25, 0.3) is 0 Å². The van der Waals surface area contributed by atoms with Gasteiger partial charge in [0, 0.05) is 0 Å². The first kappa shape index (κ1) is 17.3. The number of ether oxygens (including phenoxy) is 1. The minimum atomic E-state index is -0.329. The molecule has 2 rings (SSSR count). The fourth-order valence-electron chi connectivity index (χ4n) is 2.41. The van der Waals surface area contributed by atoms with E-state index in [0.29, 0.717) is 6.54 Å². The lowest BCUT2D eigenvalue weighted by atomic mass is 9.79. The zero-order valence-corrected chi connectivity index (χ0v) is 14.4. The lowest BCUT2D eigenvalue weighted by Crippen LogP contribution is -2.41. The van der Waals surface area contributed by atoms with Crippen molar-refractivity contribution in [3.8, 4) is 5.75 Å². The average Bonchev–Trinajstić information content (AvgIpc) is 2.67. The van der Waals surface area contributed by atoms with E-state index < -0.39 is 0 Å². The predicted octanol–water partition coefficient (Wildman–Crippen LogP) is 2.49. The maximum Gasteiger partial charge on any atom is 0.494 e. The average molecular weight is 305 g/mol. The van der Waals surface area contributed by atoms with Gasteiger partial charge in [0.15, 0.2) is 0 Å². The van der Waals surface area contributed by atoms with Crippen molar-refractivity contribution in [1.29, 1.82) is 0 Å². The maximum absolute atomic E-state index is 6.05. The topological polar surface area (TPSA) is 53.7 Å². The number of rotatable bonds is 6. The van der Waals surface area contributed by atoms with Gasteiger partial charge in [0.2, 0.25) is 0 Å². The van der Waals surface area contributed by atoms with Crippen LogP contribution in [0.3, 0.4) is 0 Å². The lowest BCUT2D eigenvalue weighted by molar-refractivity contribution is 0.00578. The Hall–Kier alpha value is -1.04. The Balaban J connectivity index is 2.04. The molecule has 22 heavy (non-hydrogen) atoms. The first-order valence-electron chi connectivity index (χ1n) is 8.11. The van der Waals surface area contributed by atoms with Crippen LogP contribution in [0.2, 0.25) is 0 Å². The zero-order valence-electron chi connectivity index (χ0n) is 14.4. The zero-order chi connectivity index (χ0) is 16.4. The molecule has 0 aliphatic carbocycles. The second kappa shape index (κ2) is 6.61. The summed E-state index contributed by atoms with van der Waals surface area (Å²) in [6.45, 7) is 11.0. The van der Waals surface area contributed by atoms with Gasteiger partial charge in [-0.3, -0.25) is 0 Å². The Morgan fingerprint density at radius 1 is 1.09 bits per heavy atom. The standard InChI is InChI=1S/C17H28BNO3/c1-6-14(11-12-19)20-15-9-7-13(8-10-15)18-21-16(2,3)17(4,5)22-18/h7-10,14H,6,11-12,19H2,1-5H3. The fraction of sp³-hybridized carbons (Fsp3) is 0.647. The summed E-state index contributed by atoms with van der Waals surface area (Å²) >= 11 is 0. The summed E-state index contributed by atoms with van der Waals surface area (Å²) in [4.78, 5) is 0. The van der Waals surface area contributed by atoms with Crippen molar-refractivity contribution in [3.63, 3.8) is 0 Å². The molecule has 1 aromatic carbocycles. The van der Waals surface area contributed by atoms with Crippen molar-refractivity contribution in [2.45, 2.75) is 64.8 Å². The molecule has 2 N–H and O–H groups in total. The molecule has 1 atom stereocenters. The van der Waals surface area contributed by atoms with Gasteiger partial charge in [0.05, 0.1) is 17.3 Å². The van der Waals surface area contributed by atoms with Crippen molar-refractivity contribution in [1.82, 2.24) is 0 Å². The molecule has 0 saturated carbocycles. The van der Waals surface area contributed by atoms with Crippen molar-refractivity contribution < 1.29 is 14.0 Å². The van der Waals surface area contributed by atoms with E-state index in [4.69, 9.17) is 19.8 Å². The highest BCUT2D eigenvalue weighted by Gasteiger charge is 2.51. The van der Waals surface area contributed by atoms with E-state index in [1.165, 1.54) is 0 Å². The molecule has 1 aliphatic heterocycles. The van der Waals surface area contributed by atoms with Crippen LogP contribution >= 0.6 is 0 Å². The van der Waals surface area contributed by atoms with Crippen molar-refractivity contribution in [2.24, 2.45) is 5.73 Å². The van der Waals surface area contributed by atoms with E-state index in [-0.39, 0.29) is 24.4 Å². The van der Waals surface area contributed by atoms with Gasteiger partial charge >= 0.3 is 7.12 Å². The molecule has 4 nitrogen and oxygen atoms in total. The molecule has 0 radical (unpaired) electrons. The Labute approximate surface area is 134 Å². The van der Waals surface area contributed by atoms with Gasteiger partial charge < -0.3 is 19.8 Å². The van der Waals surface area contributed by atoms with Crippen LogP contribution < -0.4 is 15.9 Å². The van der Waals surface area contributed by atoms with Crippen LogP contribution in [0.5, 0.6) is 5.75 Å². The second-order valence-electron chi connectivity index (χ2n) is 6.88. The van der Waals surface area contributed by atoms with E-state index in [9.17, 15) is 0 Å². The van der Waals surface area contributed by atoms with Gasteiger partial charge in [-0.15, -0.1) is 0 Å². The smallest absolute Gasteiger partial charge is 0.490 e. The van der Waals surface area contributed by atoms with Gasteiger partial charge in [-0.2, -0.15) is 0 Å². The van der Waals surface area contributed by atoms with Crippen LogP contribution in [0.25, 0.3) is 0 Å². The first-order chi connectivity index (χ1) is 10.3. The predicted molar refractivity (Wildman–Crippen MR) is 90.5 cm³/mol. The van der Waals surface area contributed by atoms with Crippen LogP contribution in [-0.2, 0) is 9.31 Å². The highest BCUT2D eigenvalue weighted by molar-refractivity contribution is 6.62. The minimum absolute atomic E-state index is 0.174. The van der Waals surface area contributed by atoms with E-state index >= 15 is 0 Å². The summed E-state index contributed by atoms with van der Waals surface area (Å²) in [6, 6.07) is 7.96. The summed E-state index contributed by atoms with van der Waals surface area (Å²) in [5.41, 5.74) is 5.98. The SMILES string of the molecule is CCC(CCN)Oc1ccc(B2OC(C)(C)C(C)(C)O2)cc1. The molecule has 0 bridgehead atoms. The van der Waals surface area contributed by atoms with Gasteiger partial charge in [0.1, 0.15) is 5.75 Å². The maximum atomic E-state index is 6.05. The molecule has 1 saturated heterocycles. The Morgan fingerprint density at radius 3 is 2.09 bits per heavy atom. The molecular formula is C17H28BNO3. The molecule has 0 amide bonds. The van der Waals surface area contributed by atoms with E-state index in [1.807, 2.05) is 24.3 Å². The summed E-state index contributed by atoms with van der Waals surface area (Å²) in [5, 5.41) is 0. The van der Waals surface area contributed by atoms with Crippen LogP contribution in [0.15, 0.2) is 24.3 Å². The van der Waals surface area contributed by atoms with Crippen molar-refractivity contribution >= 4 is 12.6 Å². The third-order valence-electron chi connectivity index (χ3n) is 4.65. The molecule has 1 heterocycles. The first-order valence-corrected chi connectivity index (χ1v) is 8.11. The molecule has 0 aromatic heterocycles. The molecule has 0 spiro atoms. The Kier molecular flexibility index (Phi) is 5.20. The largest absolute Gasteiger partial charge is 0.494 e. The Bertz CT molecular complexity index is 471. The molecular weight excluding hydrogens is 277 g/mol. The lowest BCUT2D eigenvalue weighted by Gasteiger charge is -2.32. The number of benzene rings is 1. The van der Waals surface area contributed by atoms with Gasteiger partial charge in [-0.1, -0.05) is 19.1 Å². The highest BCUT2D eigenvalue weighted by atomic mass is 16.7. The van der Waals surface area contributed by atoms with Crippen LogP contribution in [0.1, 0.15) is 47.5 Å². The van der Waals surface area contributed by atoms with Crippen molar-refractivity contribution in [3.05, 3.63) is 24.3 Å². The van der Waals surface area contributed by atoms with Crippen LogP contribution in [-0.4, -0.2) is 31.0 Å². The molecule has 1 fully saturated rings. The van der Waals surface area contributed by atoms with Gasteiger partial charge in [-0.25, -0.2) is 0 Å². The number of nitrogens with two attached hydrogens (primary N) is 1. The summed E-state index contributed by atoms with van der Waals surface area (Å²) < 4.78 is 18.0. The normalized spacial score (nSPS) is 20.9. The van der Waals surface area contributed by atoms with E-state index in [1.54, 1.807) is 0 Å². The second-order valence-corrected chi connectivity index (χ2v) is 6.88. The number of hydrogen-bond acceptors (Lipinski definition) is 4. The molecule has 1 unspecified atom stereocenters. The molecule has 1 aliphatic rings. The summed E-state index contributed by atoms with van der Waals surface area (Å²) in [5.74, 6) is 0.862.